The van der Waals surface area contributed by atoms with Crippen LogP contribution in [0.1, 0.15) is 27.9 Å². The number of alkyl halides is 5. The predicted octanol–water partition coefficient (Wildman–Crippen LogP) is 3.89. The topological polar surface area (TPSA) is 50.1 Å². The van der Waals surface area contributed by atoms with Crippen LogP contribution < -0.4 is 0 Å². The second kappa shape index (κ2) is 6.09. The van der Waals surface area contributed by atoms with Crippen LogP contribution >= 0.6 is 11.8 Å². The molecule has 0 aromatic heterocycles. The normalized spacial score (nSPS) is 11.3. The van der Waals surface area contributed by atoms with E-state index in [4.69, 9.17) is 5.26 Å². The van der Waals surface area contributed by atoms with E-state index in [1.54, 1.807) is 0 Å². The quantitative estimate of drug-likeness (QED) is 0.483. The molecule has 1 rings (SSSR count). The minimum Gasteiger partial charge on any atom is -0.465 e. The Bertz CT molecular complexity index is 565. The third kappa shape index (κ3) is 3.84. The summed E-state index contributed by atoms with van der Waals surface area (Å²) in [6.45, 7) is 0. The zero-order chi connectivity index (χ0) is 15.5. The van der Waals surface area contributed by atoms with E-state index in [1.165, 1.54) is 6.07 Å². The Labute approximate surface area is 114 Å². The fraction of sp³-hybridized carbons (Fsp3) is 0.273. The van der Waals surface area contributed by atoms with Crippen molar-refractivity contribution in [2.75, 3.05) is 7.11 Å². The molecule has 0 aliphatic rings. The van der Waals surface area contributed by atoms with Crippen molar-refractivity contribution in [3.8, 4) is 6.07 Å². The third-order valence-electron chi connectivity index (χ3n) is 2.11. The lowest BCUT2D eigenvalue weighted by Gasteiger charge is -2.13. The summed E-state index contributed by atoms with van der Waals surface area (Å²) in [6.07, 6.45) is -3.27. The van der Waals surface area contributed by atoms with Gasteiger partial charge >= 0.3 is 11.5 Å². The van der Waals surface area contributed by atoms with Crippen LogP contribution in [0.3, 0.4) is 0 Å². The van der Waals surface area contributed by atoms with E-state index >= 15 is 0 Å². The standard InChI is InChI=1S/C11H6F5NO2S/c1-19-10(18)5-2-6(4-17)8(20-11(14,15)16)7(3-5)9(12)13/h2-3,9H,1H3. The number of thioether (sulfide) groups is 1. The van der Waals surface area contributed by atoms with Crippen molar-refractivity contribution < 1.29 is 31.5 Å². The molecule has 0 atom stereocenters. The number of hydrogen-bond acceptors (Lipinski definition) is 4. The van der Waals surface area contributed by atoms with Gasteiger partial charge in [0.25, 0.3) is 6.43 Å². The van der Waals surface area contributed by atoms with Gasteiger partial charge in [0, 0.05) is 10.5 Å². The summed E-state index contributed by atoms with van der Waals surface area (Å²) >= 11 is -0.820. The van der Waals surface area contributed by atoms with Gasteiger partial charge in [-0.15, -0.1) is 0 Å². The Kier molecular flexibility index (Phi) is 4.94. The highest BCUT2D eigenvalue weighted by Gasteiger charge is 2.34. The molecule has 0 heterocycles. The van der Waals surface area contributed by atoms with Gasteiger partial charge < -0.3 is 4.74 Å². The van der Waals surface area contributed by atoms with Crippen molar-refractivity contribution in [1.82, 2.24) is 0 Å². The summed E-state index contributed by atoms with van der Waals surface area (Å²) in [5.74, 6) is -1.02. The molecule has 0 saturated heterocycles. The molecule has 0 radical (unpaired) electrons. The lowest BCUT2D eigenvalue weighted by atomic mass is 10.1. The molecule has 0 fully saturated rings. The van der Waals surface area contributed by atoms with E-state index in [1.807, 2.05) is 0 Å². The summed E-state index contributed by atoms with van der Waals surface area (Å²) < 4.78 is 67.0. The average molecular weight is 311 g/mol. The second-order valence-electron chi connectivity index (χ2n) is 3.39. The van der Waals surface area contributed by atoms with Crippen LogP contribution in [0.4, 0.5) is 22.0 Å². The molecule has 1 aromatic rings. The number of carbonyl (C=O) groups is 1. The first-order valence-corrected chi connectivity index (χ1v) is 5.71. The van der Waals surface area contributed by atoms with Crippen molar-refractivity contribution in [1.29, 1.82) is 5.26 Å². The number of ether oxygens (including phenoxy) is 1. The predicted molar refractivity (Wildman–Crippen MR) is 59.4 cm³/mol. The number of benzene rings is 1. The van der Waals surface area contributed by atoms with Crippen LogP contribution in [0.15, 0.2) is 17.0 Å². The van der Waals surface area contributed by atoms with Gasteiger partial charge in [-0.1, -0.05) is 0 Å². The van der Waals surface area contributed by atoms with E-state index in [-0.39, 0.29) is 0 Å². The molecular formula is C11H6F5NO2S. The van der Waals surface area contributed by atoms with Crippen molar-refractivity contribution in [3.63, 3.8) is 0 Å². The minimum absolute atomic E-state index is 0.411. The first-order chi connectivity index (χ1) is 9.19. The molecule has 9 heteroatoms. The average Bonchev–Trinajstić information content (AvgIpc) is 2.35. The van der Waals surface area contributed by atoms with E-state index in [0.717, 1.165) is 13.2 Å². The molecule has 0 aliphatic carbocycles. The van der Waals surface area contributed by atoms with Crippen LogP contribution in [-0.4, -0.2) is 18.6 Å². The van der Waals surface area contributed by atoms with E-state index in [9.17, 15) is 26.7 Å². The number of methoxy groups -OCH3 is 1. The summed E-state index contributed by atoms with van der Waals surface area (Å²) in [5, 5.41) is 8.77. The van der Waals surface area contributed by atoms with Gasteiger partial charge in [-0.3, -0.25) is 0 Å². The number of rotatable bonds is 3. The van der Waals surface area contributed by atoms with E-state index in [2.05, 4.69) is 4.74 Å². The maximum atomic E-state index is 12.8. The van der Waals surface area contributed by atoms with Gasteiger partial charge in [-0.2, -0.15) is 18.4 Å². The van der Waals surface area contributed by atoms with Crippen LogP contribution in [0.25, 0.3) is 0 Å². The first-order valence-electron chi connectivity index (χ1n) is 4.90. The summed E-state index contributed by atoms with van der Waals surface area (Å²) in [6, 6.07) is 2.74. The van der Waals surface area contributed by atoms with Crippen molar-refractivity contribution in [2.24, 2.45) is 0 Å². The maximum Gasteiger partial charge on any atom is 0.446 e. The zero-order valence-corrected chi connectivity index (χ0v) is 10.6. The molecular weight excluding hydrogens is 305 g/mol. The van der Waals surface area contributed by atoms with Crippen molar-refractivity contribution in [3.05, 3.63) is 28.8 Å². The molecule has 3 nitrogen and oxygen atoms in total. The lowest BCUT2D eigenvalue weighted by Crippen LogP contribution is -2.07. The van der Waals surface area contributed by atoms with Gasteiger partial charge in [-0.25, -0.2) is 13.6 Å². The van der Waals surface area contributed by atoms with E-state index < -0.39 is 51.3 Å². The van der Waals surface area contributed by atoms with Crippen LogP contribution in [0.2, 0.25) is 0 Å². The number of nitriles is 1. The maximum absolute atomic E-state index is 12.8. The fourth-order valence-corrected chi connectivity index (χ4v) is 2.07. The molecule has 0 amide bonds. The molecule has 1 aromatic carbocycles. The van der Waals surface area contributed by atoms with Gasteiger partial charge in [0.05, 0.1) is 18.2 Å². The summed E-state index contributed by atoms with van der Waals surface area (Å²) in [7, 11) is 0.981. The van der Waals surface area contributed by atoms with E-state index in [0.29, 0.717) is 6.07 Å². The third-order valence-corrected chi connectivity index (χ3v) is 3.00. The number of halogens is 5. The van der Waals surface area contributed by atoms with Crippen molar-refractivity contribution in [2.45, 2.75) is 16.8 Å². The first kappa shape index (κ1) is 16.2. The Morgan fingerprint density at radius 3 is 2.40 bits per heavy atom. The van der Waals surface area contributed by atoms with Crippen molar-refractivity contribution >= 4 is 17.7 Å². The van der Waals surface area contributed by atoms with Crippen LogP contribution in [0.5, 0.6) is 0 Å². The molecule has 0 unspecified atom stereocenters. The van der Waals surface area contributed by atoms with Gasteiger partial charge in [0.1, 0.15) is 6.07 Å². The summed E-state index contributed by atoms with van der Waals surface area (Å²) in [5.41, 5.74) is -6.94. The summed E-state index contributed by atoms with van der Waals surface area (Å²) in [4.78, 5) is 10.3. The highest BCUT2D eigenvalue weighted by Crippen LogP contribution is 2.43. The number of esters is 1. The Morgan fingerprint density at radius 1 is 1.40 bits per heavy atom. The minimum atomic E-state index is -4.83. The lowest BCUT2D eigenvalue weighted by molar-refractivity contribution is -0.0329. The fourth-order valence-electron chi connectivity index (χ4n) is 1.36. The highest BCUT2D eigenvalue weighted by molar-refractivity contribution is 8.00. The smallest absolute Gasteiger partial charge is 0.446 e. The number of carbonyl (C=O) groups excluding carboxylic acids is 1. The van der Waals surface area contributed by atoms with Crippen LogP contribution in [0, 0.1) is 11.3 Å². The Hall–Kier alpha value is -1.82. The number of hydrogen-bond donors (Lipinski definition) is 0. The molecule has 0 bridgehead atoms. The second-order valence-corrected chi connectivity index (χ2v) is 4.47. The van der Waals surface area contributed by atoms with Gasteiger partial charge in [0.2, 0.25) is 0 Å². The molecule has 108 valence electrons. The Morgan fingerprint density at radius 2 is 2.00 bits per heavy atom. The number of nitrogens with zero attached hydrogens (tertiary/aromatic N) is 1. The molecule has 0 saturated carbocycles. The molecule has 20 heavy (non-hydrogen) atoms. The monoisotopic (exact) mass is 311 g/mol. The molecule has 0 N–H and O–H groups in total. The highest BCUT2D eigenvalue weighted by atomic mass is 32.2. The molecule has 0 spiro atoms. The zero-order valence-electron chi connectivity index (χ0n) is 9.79. The molecule has 0 aliphatic heterocycles. The van der Waals surface area contributed by atoms with Gasteiger partial charge in [0.15, 0.2) is 0 Å². The largest absolute Gasteiger partial charge is 0.465 e. The van der Waals surface area contributed by atoms with Crippen LogP contribution in [-0.2, 0) is 4.74 Å². The SMILES string of the molecule is COC(=O)c1cc(C#N)c(SC(F)(F)F)c(C(F)F)c1. The Balaban J connectivity index is 3.49. The van der Waals surface area contributed by atoms with Gasteiger partial charge in [-0.05, 0) is 23.9 Å².